The van der Waals surface area contributed by atoms with Gasteiger partial charge in [-0.3, -0.25) is 4.79 Å². The van der Waals surface area contributed by atoms with E-state index in [9.17, 15) is 4.79 Å². The number of ether oxygens (including phenoxy) is 1. The molecule has 27 heavy (non-hydrogen) atoms. The molecule has 140 valence electrons. The third kappa shape index (κ3) is 4.31. The van der Waals surface area contributed by atoms with Gasteiger partial charge in [-0.1, -0.05) is 36.0 Å². The summed E-state index contributed by atoms with van der Waals surface area (Å²) in [5, 5.41) is 6.59. The summed E-state index contributed by atoms with van der Waals surface area (Å²) < 4.78 is 5.58. The number of fused-ring (bicyclic) bond motifs is 1. The number of para-hydroxylation sites is 1. The van der Waals surface area contributed by atoms with Gasteiger partial charge in [-0.05, 0) is 37.3 Å². The van der Waals surface area contributed by atoms with Gasteiger partial charge in [0.2, 0.25) is 5.91 Å². The number of nitrogens with zero attached hydrogens (tertiary/aromatic N) is 2. The third-order valence-electron chi connectivity index (χ3n) is 4.50. The molecule has 7 heteroatoms. The summed E-state index contributed by atoms with van der Waals surface area (Å²) in [7, 11) is 0. The fraction of sp³-hybridized carbons (Fsp3) is 0.350. The molecular formula is C20H21N3O2S2. The first-order valence-electron chi connectivity index (χ1n) is 9.07. The summed E-state index contributed by atoms with van der Waals surface area (Å²) in [5.74, 6) is 0.717. The number of hydrogen-bond donors (Lipinski definition) is 1. The smallest absolute Gasteiger partial charge is 0.233 e. The molecule has 1 aliphatic heterocycles. The first-order chi connectivity index (χ1) is 13.2. The summed E-state index contributed by atoms with van der Waals surface area (Å²) in [6.45, 7) is 3.29. The van der Waals surface area contributed by atoms with Crippen molar-refractivity contribution < 1.29 is 9.53 Å². The SMILES string of the molecule is C[C@@H](Sc1nc(-c2cccs2)nc2ccccc12)C(=O)NC[C@@H]1CCCO1. The van der Waals surface area contributed by atoms with Crippen molar-refractivity contribution in [2.75, 3.05) is 13.2 Å². The average Bonchev–Trinajstić information content (AvgIpc) is 3.39. The van der Waals surface area contributed by atoms with Crippen LogP contribution in [-0.4, -0.2) is 40.4 Å². The zero-order valence-electron chi connectivity index (χ0n) is 15.1. The van der Waals surface area contributed by atoms with E-state index in [2.05, 4.69) is 10.3 Å². The summed E-state index contributed by atoms with van der Waals surface area (Å²) in [6, 6.07) is 11.9. The molecule has 1 amide bonds. The minimum absolute atomic E-state index is 0.0101. The fourth-order valence-corrected chi connectivity index (χ4v) is 4.66. The van der Waals surface area contributed by atoms with Crippen molar-refractivity contribution in [1.29, 1.82) is 0 Å². The standard InChI is InChI=1S/C20H21N3O2S2/c1-13(19(24)21-12-14-6-4-10-25-14)27-20-15-7-2-3-8-16(15)22-18(23-20)17-9-5-11-26-17/h2-3,5,7-9,11,13-14H,4,6,10,12H2,1H3,(H,21,24)/t13-,14+/m1/s1. The van der Waals surface area contributed by atoms with Gasteiger partial charge in [0.15, 0.2) is 5.82 Å². The maximum absolute atomic E-state index is 12.5. The summed E-state index contributed by atoms with van der Waals surface area (Å²) >= 11 is 3.09. The predicted octanol–water partition coefficient (Wildman–Crippen LogP) is 4.13. The Hall–Kier alpha value is -1.96. The van der Waals surface area contributed by atoms with E-state index in [1.165, 1.54) is 11.8 Å². The van der Waals surface area contributed by atoms with Crippen LogP contribution in [0.15, 0.2) is 46.8 Å². The number of rotatable bonds is 6. The van der Waals surface area contributed by atoms with Gasteiger partial charge < -0.3 is 10.1 Å². The Morgan fingerprint density at radius 1 is 1.33 bits per heavy atom. The van der Waals surface area contributed by atoms with Crippen LogP contribution in [0.4, 0.5) is 0 Å². The number of nitrogens with one attached hydrogen (secondary N) is 1. The van der Waals surface area contributed by atoms with Crippen molar-refractivity contribution >= 4 is 39.9 Å². The lowest BCUT2D eigenvalue weighted by Crippen LogP contribution is -2.36. The van der Waals surface area contributed by atoms with Gasteiger partial charge in [0.05, 0.1) is 21.7 Å². The van der Waals surface area contributed by atoms with Gasteiger partial charge in [0, 0.05) is 18.5 Å². The number of carbonyl (C=O) groups is 1. The van der Waals surface area contributed by atoms with E-state index in [1.807, 2.05) is 48.7 Å². The van der Waals surface area contributed by atoms with Crippen LogP contribution >= 0.6 is 23.1 Å². The molecule has 1 aliphatic rings. The Bertz CT molecular complexity index is 924. The van der Waals surface area contributed by atoms with Gasteiger partial charge in [-0.15, -0.1) is 11.3 Å². The largest absolute Gasteiger partial charge is 0.376 e. The van der Waals surface area contributed by atoms with E-state index in [4.69, 9.17) is 9.72 Å². The topological polar surface area (TPSA) is 64.1 Å². The predicted molar refractivity (Wildman–Crippen MR) is 110 cm³/mol. The highest BCUT2D eigenvalue weighted by Crippen LogP contribution is 2.32. The zero-order chi connectivity index (χ0) is 18.6. The van der Waals surface area contributed by atoms with Crippen LogP contribution in [0.1, 0.15) is 19.8 Å². The van der Waals surface area contributed by atoms with Crippen molar-refractivity contribution in [3.8, 4) is 10.7 Å². The average molecular weight is 400 g/mol. The van der Waals surface area contributed by atoms with Crippen molar-refractivity contribution in [2.24, 2.45) is 0 Å². The number of aromatic nitrogens is 2. The van der Waals surface area contributed by atoms with Crippen molar-refractivity contribution in [3.05, 3.63) is 41.8 Å². The Morgan fingerprint density at radius 2 is 2.22 bits per heavy atom. The van der Waals surface area contributed by atoms with E-state index in [-0.39, 0.29) is 17.3 Å². The highest BCUT2D eigenvalue weighted by atomic mass is 32.2. The second-order valence-corrected chi connectivity index (χ2v) is 8.76. The lowest BCUT2D eigenvalue weighted by Gasteiger charge is -2.15. The van der Waals surface area contributed by atoms with Gasteiger partial charge in [-0.25, -0.2) is 9.97 Å². The second kappa shape index (κ2) is 8.37. The Labute approximate surface area is 166 Å². The lowest BCUT2D eigenvalue weighted by atomic mass is 10.2. The minimum Gasteiger partial charge on any atom is -0.376 e. The number of benzene rings is 1. The Balaban J connectivity index is 1.54. The molecule has 0 radical (unpaired) electrons. The summed E-state index contributed by atoms with van der Waals surface area (Å²) in [6.07, 6.45) is 2.24. The third-order valence-corrected chi connectivity index (χ3v) is 6.46. The normalized spacial score (nSPS) is 17.9. The zero-order valence-corrected chi connectivity index (χ0v) is 16.7. The lowest BCUT2D eigenvalue weighted by molar-refractivity contribution is -0.120. The Morgan fingerprint density at radius 3 is 3.00 bits per heavy atom. The molecule has 5 nitrogen and oxygen atoms in total. The van der Waals surface area contributed by atoms with Crippen molar-refractivity contribution in [2.45, 2.75) is 36.1 Å². The van der Waals surface area contributed by atoms with Crippen LogP contribution in [0, 0.1) is 0 Å². The second-order valence-electron chi connectivity index (χ2n) is 6.49. The molecule has 3 heterocycles. The van der Waals surface area contributed by atoms with E-state index in [1.54, 1.807) is 11.3 Å². The molecule has 0 bridgehead atoms. The van der Waals surface area contributed by atoms with Crippen LogP contribution in [-0.2, 0) is 9.53 Å². The highest BCUT2D eigenvalue weighted by Gasteiger charge is 2.21. The molecular weight excluding hydrogens is 378 g/mol. The first kappa shape index (κ1) is 18.4. The first-order valence-corrected chi connectivity index (χ1v) is 10.8. The molecule has 1 N–H and O–H groups in total. The number of thiophene rings is 1. The van der Waals surface area contributed by atoms with Crippen LogP contribution in [0.5, 0.6) is 0 Å². The molecule has 0 spiro atoms. The van der Waals surface area contributed by atoms with Crippen molar-refractivity contribution in [1.82, 2.24) is 15.3 Å². The van der Waals surface area contributed by atoms with Crippen molar-refractivity contribution in [3.63, 3.8) is 0 Å². The van der Waals surface area contributed by atoms with Gasteiger partial charge in [0.25, 0.3) is 0 Å². The van der Waals surface area contributed by atoms with E-state index >= 15 is 0 Å². The van der Waals surface area contributed by atoms with Gasteiger partial charge in [-0.2, -0.15) is 0 Å². The molecule has 0 unspecified atom stereocenters. The maximum Gasteiger partial charge on any atom is 0.233 e. The molecule has 1 fully saturated rings. The monoisotopic (exact) mass is 399 g/mol. The molecule has 3 aromatic rings. The number of amides is 1. The van der Waals surface area contributed by atoms with Gasteiger partial charge in [0.1, 0.15) is 5.03 Å². The minimum atomic E-state index is -0.249. The molecule has 0 aliphatic carbocycles. The summed E-state index contributed by atoms with van der Waals surface area (Å²) in [5.41, 5.74) is 0.894. The number of carbonyl (C=O) groups excluding carboxylic acids is 1. The molecule has 2 aromatic heterocycles. The Kier molecular flexibility index (Phi) is 5.71. The van der Waals surface area contributed by atoms with E-state index in [0.29, 0.717) is 12.4 Å². The highest BCUT2D eigenvalue weighted by molar-refractivity contribution is 8.00. The van der Waals surface area contributed by atoms with Crippen LogP contribution < -0.4 is 5.32 Å². The van der Waals surface area contributed by atoms with Crippen LogP contribution in [0.25, 0.3) is 21.6 Å². The van der Waals surface area contributed by atoms with Crippen LogP contribution in [0.2, 0.25) is 0 Å². The molecule has 1 saturated heterocycles. The quantitative estimate of drug-likeness (QED) is 0.499. The molecule has 2 atom stereocenters. The van der Waals surface area contributed by atoms with Crippen LogP contribution in [0.3, 0.4) is 0 Å². The number of thioether (sulfide) groups is 1. The maximum atomic E-state index is 12.5. The fourth-order valence-electron chi connectivity index (χ4n) is 3.04. The molecule has 0 saturated carbocycles. The number of hydrogen-bond acceptors (Lipinski definition) is 6. The summed E-state index contributed by atoms with van der Waals surface area (Å²) in [4.78, 5) is 23.0. The van der Waals surface area contributed by atoms with E-state index < -0.39 is 0 Å². The molecule has 4 rings (SSSR count). The van der Waals surface area contributed by atoms with Gasteiger partial charge >= 0.3 is 0 Å². The van der Waals surface area contributed by atoms with E-state index in [0.717, 1.165) is 40.3 Å². The molecule has 1 aromatic carbocycles.